The number of aryl methyl sites for hydroxylation is 1. The molecule has 2 atom stereocenters. The van der Waals surface area contributed by atoms with E-state index in [9.17, 15) is 18.5 Å². The lowest BCUT2D eigenvalue weighted by molar-refractivity contribution is -0.385. The first-order valence-electron chi connectivity index (χ1n) is 7.39. The molecule has 2 bridgehead atoms. The van der Waals surface area contributed by atoms with Crippen LogP contribution in [0.2, 0.25) is 0 Å². The van der Waals surface area contributed by atoms with Crippen molar-refractivity contribution in [1.29, 1.82) is 0 Å². The third-order valence-electron chi connectivity index (χ3n) is 4.50. The summed E-state index contributed by atoms with van der Waals surface area (Å²) in [5.41, 5.74) is 0.302. The van der Waals surface area contributed by atoms with E-state index in [2.05, 4.69) is 5.32 Å². The number of hydrogen-bond donors (Lipinski definition) is 1. The average molecular weight is 325 g/mol. The van der Waals surface area contributed by atoms with Gasteiger partial charge in [-0.15, -0.1) is 0 Å². The molecule has 0 aromatic heterocycles. The van der Waals surface area contributed by atoms with E-state index in [1.165, 1.54) is 22.5 Å². The highest BCUT2D eigenvalue weighted by Crippen LogP contribution is 2.28. The largest absolute Gasteiger partial charge is 0.310 e. The van der Waals surface area contributed by atoms with Gasteiger partial charge in [0.25, 0.3) is 5.69 Å². The molecule has 0 spiro atoms. The Morgan fingerprint density at radius 1 is 1.27 bits per heavy atom. The van der Waals surface area contributed by atoms with Gasteiger partial charge in [-0.1, -0.05) is 6.07 Å². The Bertz CT molecular complexity index is 704. The molecule has 3 rings (SSSR count). The number of nitro benzene ring substituents is 1. The van der Waals surface area contributed by atoms with E-state index < -0.39 is 14.9 Å². The predicted octanol–water partition coefficient (Wildman–Crippen LogP) is 1.42. The highest BCUT2D eigenvalue weighted by atomic mass is 32.2. The van der Waals surface area contributed by atoms with Crippen LogP contribution in [0, 0.1) is 17.0 Å². The summed E-state index contributed by atoms with van der Waals surface area (Å²) >= 11 is 0. The summed E-state index contributed by atoms with van der Waals surface area (Å²) in [6, 6.07) is 4.68. The molecule has 8 heteroatoms. The van der Waals surface area contributed by atoms with Gasteiger partial charge in [-0.2, -0.15) is 4.31 Å². The van der Waals surface area contributed by atoms with Crippen LogP contribution < -0.4 is 5.32 Å². The summed E-state index contributed by atoms with van der Waals surface area (Å²) in [6.07, 6.45) is 2.85. The molecule has 0 radical (unpaired) electrons. The van der Waals surface area contributed by atoms with Gasteiger partial charge in [0.15, 0.2) is 0 Å². The molecule has 0 saturated carbocycles. The zero-order valence-electron chi connectivity index (χ0n) is 12.4. The maximum Gasteiger partial charge on any atom is 0.273 e. The number of nitrogens with zero attached hydrogens (tertiary/aromatic N) is 2. The van der Waals surface area contributed by atoms with Crippen LogP contribution in [0.25, 0.3) is 0 Å². The molecule has 0 amide bonds. The molecule has 2 heterocycles. The summed E-state index contributed by atoms with van der Waals surface area (Å²) in [7, 11) is -3.69. The Balaban J connectivity index is 1.92. The van der Waals surface area contributed by atoms with Crippen LogP contribution >= 0.6 is 0 Å². The van der Waals surface area contributed by atoms with Crippen molar-refractivity contribution < 1.29 is 13.3 Å². The van der Waals surface area contributed by atoms with Crippen molar-refractivity contribution in [3.05, 3.63) is 33.9 Å². The lowest BCUT2D eigenvalue weighted by atomic mass is 10.1. The molecule has 1 N–H and O–H groups in total. The molecule has 1 aromatic rings. The van der Waals surface area contributed by atoms with Crippen molar-refractivity contribution in [2.75, 3.05) is 13.1 Å². The minimum Gasteiger partial charge on any atom is -0.310 e. The van der Waals surface area contributed by atoms with Crippen LogP contribution in [0.5, 0.6) is 0 Å². The number of rotatable bonds is 3. The fraction of sp³-hybridized carbons (Fsp3) is 0.571. The van der Waals surface area contributed by atoms with Crippen LogP contribution in [0.3, 0.4) is 0 Å². The Morgan fingerprint density at radius 3 is 2.73 bits per heavy atom. The van der Waals surface area contributed by atoms with E-state index >= 15 is 0 Å². The topological polar surface area (TPSA) is 92.6 Å². The first-order chi connectivity index (χ1) is 10.4. The second-order valence-corrected chi connectivity index (χ2v) is 7.93. The van der Waals surface area contributed by atoms with Crippen LogP contribution in [0.4, 0.5) is 5.69 Å². The van der Waals surface area contributed by atoms with Gasteiger partial charge in [-0.3, -0.25) is 10.1 Å². The molecular weight excluding hydrogens is 306 g/mol. The highest BCUT2D eigenvalue weighted by molar-refractivity contribution is 7.89. The van der Waals surface area contributed by atoms with E-state index in [4.69, 9.17) is 0 Å². The maximum atomic E-state index is 12.8. The normalized spacial score (nSPS) is 25.9. The number of hydrogen-bond acceptors (Lipinski definition) is 5. The Labute approximate surface area is 129 Å². The van der Waals surface area contributed by atoms with E-state index in [1.807, 2.05) is 0 Å². The van der Waals surface area contributed by atoms with Crippen molar-refractivity contribution in [2.24, 2.45) is 0 Å². The van der Waals surface area contributed by atoms with Gasteiger partial charge < -0.3 is 5.32 Å². The van der Waals surface area contributed by atoms with Crippen molar-refractivity contribution in [2.45, 2.75) is 43.2 Å². The van der Waals surface area contributed by atoms with Gasteiger partial charge in [-0.05, 0) is 32.3 Å². The van der Waals surface area contributed by atoms with Crippen molar-refractivity contribution >= 4 is 15.7 Å². The van der Waals surface area contributed by atoms with Crippen molar-refractivity contribution in [1.82, 2.24) is 9.62 Å². The quantitative estimate of drug-likeness (QED) is 0.670. The Hall–Kier alpha value is -1.51. The van der Waals surface area contributed by atoms with Crippen molar-refractivity contribution in [3.8, 4) is 0 Å². The third kappa shape index (κ3) is 2.73. The number of nitro groups is 1. The predicted molar refractivity (Wildman–Crippen MR) is 81.2 cm³/mol. The van der Waals surface area contributed by atoms with Gasteiger partial charge >= 0.3 is 0 Å². The zero-order valence-corrected chi connectivity index (χ0v) is 13.2. The van der Waals surface area contributed by atoms with Crippen LogP contribution in [-0.4, -0.2) is 42.8 Å². The molecule has 1 aromatic carbocycles. The molecule has 22 heavy (non-hydrogen) atoms. The van der Waals surface area contributed by atoms with Gasteiger partial charge in [0.1, 0.15) is 0 Å². The molecule has 0 aliphatic carbocycles. The van der Waals surface area contributed by atoms with E-state index in [1.54, 1.807) is 6.92 Å². The number of benzene rings is 1. The van der Waals surface area contributed by atoms with E-state index in [-0.39, 0.29) is 16.6 Å². The van der Waals surface area contributed by atoms with Crippen LogP contribution in [0.15, 0.2) is 23.1 Å². The Kier molecular flexibility index (Phi) is 3.92. The van der Waals surface area contributed by atoms with Gasteiger partial charge in [0.05, 0.1) is 9.82 Å². The van der Waals surface area contributed by atoms with E-state index in [0.717, 1.165) is 19.3 Å². The first kappa shape index (κ1) is 15.4. The molecule has 120 valence electrons. The summed E-state index contributed by atoms with van der Waals surface area (Å²) in [4.78, 5) is 10.5. The molecule has 2 aliphatic rings. The Morgan fingerprint density at radius 2 is 2.00 bits per heavy atom. The number of fused-ring (bicyclic) bond motifs is 2. The molecular formula is C14H19N3O4S. The van der Waals surface area contributed by atoms with Crippen LogP contribution in [-0.2, 0) is 10.0 Å². The average Bonchev–Trinajstić information content (AvgIpc) is 2.77. The standard InChI is InChI=1S/C14H19N3O4S/c1-10-2-5-13(8-14(10)17(18)19)22(20,21)16-7-6-11-3-4-12(9-16)15-11/h2,5,8,11-12,15H,3-4,6-7,9H2,1H3. The lowest BCUT2D eigenvalue weighted by Gasteiger charge is -2.23. The fourth-order valence-corrected chi connectivity index (χ4v) is 4.75. The van der Waals surface area contributed by atoms with E-state index in [0.29, 0.717) is 24.7 Å². The van der Waals surface area contributed by atoms with Crippen molar-refractivity contribution in [3.63, 3.8) is 0 Å². The smallest absolute Gasteiger partial charge is 0.273 e. The lowest BCUT2D eigenvalue weighted by Crippen LogP contribution is -2.39. The molecule has 2 unspecified atom stereocenters. The summed E-state index contributed by atoms with van der Waals surface area (Å²) in [5, 5.41) is 14.5. The number of nitrogens with one attached hydrogen (secondary N) is 1. The minimum absolute atomic E-state index is 0.00238. The fourth-order valence-electron chi connectivity index (χ4n) is 3.22. The summed E-state index contributed by atoms with van der Waals surface area (Å²) < 4.78 is 27.0. The van der Waals surface area contributed by atoms with Crippen LogP contribution in [0.1, 0.15) is 24.8 Å². The van der Waals surface area contributed by atoms with Gasteiger partial charge in [0.2, 0.25) is 10.0 Å². The summed E-state index contributed by atoms with van der Waals surface area (Å²) in [6.45, 7) is 2.49. The van der Waals surface area contributed by atoms with Gasteiger partial charge in [0, 0.05) is 36.8 Å². The first-order valence-corrected chi connectivity index (χ1v) is 8.83. The minimum atomic E-state index is -3.69. The maximum absolute atomic E-state index is 12.8. The molecule has 7 nitrogen and oxygen atoms in total. The number of sulfonamides is 1. The molecule has 2 aliphatic heterocycles. The third-order valence-corrected chi connectivity index (χ3v) is 6.36. The highest BCUT2D eigenvalue weighted by Gasteiger charge is 2.35. The second-order valence-electron chi connectivity index (χ2n) is 5.99. The monoisotopic (exact) mass is 325 g/mol. The summed E-state index contributed by atoms with van der Waals surface area (Å²) in [5.74, 6) is 0. The molecule has 2 saturated heterocycles. The zero-order chi connectivity index (χ0) is 15.9. The van der Waals surface area contributed by atoms with Gasteiger partial charge in [-0.25, -0.2) is 8.42 Å². The second kappa shape index (κ2) is 5.60. The SMILES string of the molecule is Cc1ccc(S(=O)(=O)N2CCC3CCC(C2)N3)cc1[N+](=O)[O-]. The molecule has 2 fully saturated rings.